The number of rotatable bonds is 4. The molecule has 1 aromatic carbocycles. The number of imide groups is 1. The van der Waals surface area contributed by atoms with E-state index in [1.54, 1.807) is 19.2 Å². The van der Waals surface area contributed by atoms with Gasteiger partial charge in [-0.3, -0.25) is 9.69 Å². The molecule has 0 aromatic heterocycles. The molecular weight excluding hydrogens is 296 g/mol. The van der Waals surface area contributed by atoms with E-state index in [-0.39, 0.29) is 11.7 Å². The van der Waals surface area contributed by atoms with Crippen LogP contribution in [-0.4, -0.2) is 42.7 Å². The van der Waals surface area contributed by atoms with Gasteiger partial charge in [0.15, 0.2) is 5.54 Å². The number of carbonyl (C=O) groups is 2. The Morgan fingerprint density at radius 2 is 2.13 bits per heavy atom. The molecule has 1 fully saturated rings. The van der Waals surface area contributed by atoms with Crippen molar-refractivity contribution in [2.45, 2.75) is 31.7 Å². The van der Waals surface area contributed by atoms with Crippen LogP contribution in [0.5, 0.6) is 5.75 Å². The van der Waals surface area contributed by atoms with Crippen LogP contribution in [-0.2, 0) is 21.5 Å². The third-order valence-electron chi connectivity index (χ3n) is 5.28. The highest BCUT2D eigenvalue weighted by Gasteiger charge is 2.65. The third-order valence-corrected chi connectivity index (χ3v) is 5.28. The fraction of sp³-hybridized carbons (Fsp3) is 0.529. The van der Waals surface area contributed by atoms with E-state index in [0.717, 1.165) is 23.3 Å². The predicted molar refractivity (Wildman–Crippen MR) is 84.0 cm³/mol. The summed E-state index contributed by atoms with van der Waals surface area (Å²) >= 11 is 0. The minimum atomic E-state index is -1.11. The molecule has 0 radical (unpaired) electrons. The minimum Gasteiger partial charge on any atom is -0.508 e. The Morgan fingerprint density at radius 1 is 1.39 bits per heavy atom. The number of nitrogens with one attached hydrogen (secondary N) is 1. The van der Waals surface area contributed by atoms with E-state index >= 15 is 0 Å². The number of hydrogen-bond donors (Lipinski definition) is 2. The van der Waals surface area contributed by atoms with Crippen molar-refractivity contribution in [3.63, 3.8) is 0 Å². The molecule has 0 saturated carbocycles. The Bertz CT molecular complexity index is 675. The van der Waals surface area contributed by atoms with Gasteiger partial charge in [0.25, 0.3) is 5.91 Å². The zero-order valence-corrected chi connectivity index (χ0v) is 13.7. The van der Waals surface area contributed by atoms with Crippen LogP contribution in [0.15, 0.2) is 18.2 Å². The molecule has 3 rings (SSSR count). The number of hydrogen-bond acceptors (Lipinski definition) is 4. The first-order valence-electron chi connectivity index (χ1n) is 7.77. The summed E-state index contributed by atoms with van der Waals surface area (Å²) in [5, 5.41) is 12.8. The highest BCUT2D eigenvalue weighted by atomic mass is 16.5. The molecule has 1 aliphatic heterocycles. The topological polar surface area (TPSA) is 78.9 Å². The van der Waals surface area contributed by atoms with Gasteiger partial charge in [-0.15, -0.1) is 0 Å². The summed E-state index contributed by atoms with van der Waals surface area (Å²) in [5.41, 5.74) is 0.131. The lowest BCUT2D eigenvalue weighted by Gasteiger charge is -2.39. The van der Waals surface area contributed by atoms with Gasteiger partial charge in [0, 0.05) is 26.2 Å². The number of likely N-dealkylation sites (N-methyl/N-ethyl adjacent to an activating group) is 1. The van der Waals surface area contributed by atoms with Crippen molar-refractivity contribution in [3.8, 4) is 5.75 Å². The average molecular weight is 318 g/mol. The Kier molecular flexibility index (Phi) is 3.59. The van der Waals surface area contributed by atoms with Gasteiger partial charge in [-0.1, -0.05) is 13.0 Å². The Labute approximate surface area is 135 Å². The van der Waals surface area contributed by atoms with Gasteiger partial charge in [0.05, 0.1) is 0 Å². The summed E-state index contributed by atoms with van der Waals surface area (Å²) in [6.07, 6.45) is 2.20. The SMILES string of the molecule is COCCCC1(C)Cc2ccc(O)cc2C12NC(=O)N(C)C2=O. The van der Waals surface area contributed by atoms with Gasteiger partial charge in [-0.05, 0) is 42.5 Å². The number of carbonyl (C=O) groups excluding carboxylic acids is 2. The molecule has 124 valence electrons. The zero-order chi connectivity index (χ0) is 16.8. The minimum absolute atomic E-state index is 0.0980. The van der Waals surface area contributed by atoms with Crippen LogP contribution in [0.2, 0.25) is 0 Å². The molecule has 0 bridgehead atoms. The fourth-order valence-corrected chi connectivity index (χ4v) is 4.06. The van der Waals surface area contributed by atoms with E-state index in [9.17, 15) is 14.7 Å². The first-order chi connectivity index (χ1) is 10.9. The second-order valence-corrected chi connectivity index (χ2v) is 6.72. The largest absolute Gasteiger partial charge is 0.508 e. The van der Waals surface area contributed by atoms with E-state index in [2.05, 4.69) is 5.32 Å². The first kappa shape index (κ1) is 15.8. The van der Waals surface area contributed by atoms with Crippen molar-refractivity contribution in [2.75, 3.05) is 20.8 Å². The number of nitrogens with zero attached hydrogens (tertiary/aromatic N) is 1. The highest BCUT2D eigenvalue weighted by molar-refractivity contribution is 6.08. The first-order valence-corrected chi connectivity index (χ1v) is 7.77. The summed E-state index contributed by atoms with van der Waals surface area (Å²) in [6, 6.07) is 4.67. The Morgan fingerprint density at radius 3 is 2.74 bits per heavy atom. The van der Waals surface area contributed by atoms with E-state index in [0.29, 0.717) is 18.6 Å². The Balaban J connectivity index is 2.12. The van der Waals surface area contributed by atoms with Crippen LogP contribution in [0.1, 0.15) is 30.9 Å². The van der Waals surface area contributed by atoms with E-state index in [1.165, 1.54) is 7.05 Å². The van der Waals surface area contributed by atoms with Crippen LogP contribution >= 0.6 is 0 Å². The summed E-state index contributed by atoms with van der Waals surface area (Å²) in [4.78, 5) is 26.3. The van der Waals surface area contributed by atoms with Crippen molar-refractivity contribution < 1.29 is 19.4 Å². The second kappa shape index (κ2) is 5.23. The number of urea groups is 1. The molecule has 6 heteroatoms. The molecule has 1 spiro atoms. The molecule has 1 heterocycles. The summed E-state index contributed by atoms with van der Waals surface area (Å²) < 4.78 is 5.14. The normalized spacial score (nSPS) is 29.3. The van der Waals surface area contributed by atoms with Crippen LogP contribution in [0.25, 0.3) is 0 Å². The monoisotopic (exact) mass is 318 g/mol. The summed E-state index contributed by atoms with van der Waals surface area (Å²) in [7, 11) is 3.14. The van der Waals surface area contributed by atoms with Crippen molar-refractivity contribution in [1.82, 2.24) is 10.2 Å². The molecule has 3 amide bonds. The van der Waals surface area contributed by atoms with Gasteiger partial charge < -0.3 is 15.2 Å². The molecular formula is C17H22N2O4. The average Bonchev–Trinajstić information content (AvgIpc) is 2.88. The smallest absolute Gasteiger partial charge is 0.325 e. The summed E-state index contributed by atoms with van der Waals surface area (Å²) in [5.74, 6) is -0.160. The molecule has 1 aromatic rings. The zero-order valence-electron chi connectivity index (χ0n) is 13.7. The highest BCUT2D eigenvalue weighted by Crippen LogP contribution is 2.55. The molecule has 2 atom stereocenters. The number of phenols is 1. The van der Waals surface area contributed by atoms with Crippen molar-refractivity contribution in [3.05, 3.63) is 29.3 Å². The maximum atomic E-state index is 13.0. The number of methoxy groups -OCH3 is 1. The molecule has 1 saturated heterocycles. The second-order valence-electron chi connectivity index (χ2n) is 6.72. The number of benzene rings is 1. The van der Waals surface area contributed by atoms with Gasteiger partial charge in [-0.2, -0.15) is 0 Å². The van der Waals surface area contributed by atoms with Gasteiger partial charge in [-0.25, -0.2) is 4.79 Å². The van der Waals surface area contributed by atoms with Crippen LogP contribution < -0.4 is 5.32 Å². The number of fused-ring (bicyclic) bond motifs is 2. The standard InChI is InChI=1S/C17H22N2O4/c1-16(7-4-8-23-3)10-11-5-6-12(20)9-13(11)17(16)14(21)19(2)15(22)18-17/h5-6,9,20H,4,7-8,10H2,1-3H3,(H,18,22). The van der Waals surface area contributed by atoms with Crippen LogP contribution in [0.3, 0.4) is 0 Å². The lowest BCUT2D eigenvalue weighted by atomic mass is 9.68. The number of ether oxygens (including phenoxy) is 1. The van der Waals surface area contributed by atoms with Crippen LogP contribution in [0.4, 0.5) is 4.79 Å². The number of aromatic hydroxyl groups is 1. The number of phenolic OH excluding ortho intramolecular Hbond substituents is 1. The quantitative estimate of drug-likeness (QED) is 0.655. The van der Waals surface area contributed by atoms with E-state index < -0.39 is 17.0 Å². The van der Waals surface area contributed by atoms with E-state index in [4.69, 9.17) is 4.74 Å². The molecule has 2 N–H and O–H groups in total. The van der Waals surface area contributed by atoms with E-state index in [1.807, 2.05) is 13.0 Å². The molecule has 6 nitrogen and oxygen atoms in total. The third kappa shape index (κ3) is 2.05. The molecule has 1 aliphatic carbocycles. The fourth-order valence-electron chi connectivity index (χ4n) is 4.06. The summed E-state index contributed by atoms with van der Waals surface area (Å²) in [6.45, 7) is 2.63. The van der Waals surface area contributed by atoms with Gasteiger partial charge >= 0.3 is 6.03 Å². The molecule has 2 aliphatic rings. The van der Waals surface area contributed by atoms with Crippen molar-refractivity contribution in [2.24, 2.45) is 5.41 Å². The van der Waals surface area contributed by atoms with Gasteiger partial charge in [0.1, 0.15) is 5.75 Å². The maximum absolute atomic E-state index is 13.0. The van der Waals surface area contributed by atoms with Crippen molar-refractivity contribution in [1.29, 1.82) is 0 Å². The Hall–Kier alpha value is -2.08. The van der Waals surface area contributed by atoms with Gasteiger partial charge in [0.2, 0.25) is 0 Å². The van der Waals surface area contributed by atoms with Crippen LogP contribution in [0, 0.1) is 5.41 Å². The number of amides is 3. The molecule has 2 unspecified atom stereocenters. The molecule has 23 heavy (non-hydrogen) atoms. The maximum Gasteiger partial charge on any atom is 0.325 e. The van der Waals surface area contributed by atoms with Crippen molar-refractivity contribution >= 4 is 11.9 Å². The lowest BCUT2D eigenvalue weighted by molar-refractivity contribution is -0.135. The predicted octanol–water partition coefficient (Wildman–Crippen LogP) is 1.76. The lowest BCUT2D eigenvalue weighted by Crippen LogP contribution is -2.53.